The van der Waals surface area contributed by atoms with Crippen molar-refractivity contribution in [3.05, 3.63) is 89.3 Å². The number of aromatic nitrogens is 5. The van der Waals surface area contributed by atoms with Gasteiger partial charge in [0.1, 0.15) is 17.4 Å². The van der Waals surface area contributed by atoms with Crippen LogP contribution in [0.2, 0.25) is 0 Å². The second-order valence-electron chi connectivity index (χ2n) is 7.04. The van der Waals surface area contributed by atoms with Crippen molar-refractivity contribution in [1.82, 2.24) is 24.7 Å². The maximum Gasteiger partial charge on any atom is 0.173 e. The molecule has 30 heavy (non-hydrogen) atoms. The van der Waals surface area contributed by atoms with E-state index in [2.05, 4.69) is 20.2 Å². The summed E-state index contributed by atoms with van der Waals surface area (Å²) in [5, 5.41) is 7.23. The van der Waals surface area contributed by atoms with Crippen molar-refractivity contribution in [2.45, 2.75) is 19.8 Å². The average molecular weight is 403 g/mol. The highest BCUT2D eigenvalue weighted by molar-refractivity contribution is 5.69. The Hall–Kier alpha value is -3.74. The molecular formula is C23H22FN5O. The highest BCUT2D eigenvalue weighted by atomic mass is 19.1. The summed E-state index contributed by atoms with van der Waals surface area (Å²) in [6, 6.07) is 12.4. The van der Waals surface area contributed by atoms with E-state index in [1.54, 1.807) is 25.6 Å². The van der Waals surface area contributed by atoms with Gasteiger partial charge < -0.3 is 9.30 Å². The highest BCUT2D eigenvalue weighted by Gasteiger charge is 2.13. The quantitative estimate of drug-likeness (QED) is 0.504. The molecule has 0 fully saturated rings. The van der Waals surface area contributed by atoms with Gasteiger partial charge in [-0.25, -0.2) is 14.4 Å². The Labute approximate surface area is 174 Å². The van der Waals surface area contributed by atoms with Gasteiger partial charge in [0.05, 0.1) is 24.8 Å². The lowest BCUT2D eigenvalue weighted by Gasteiger charge is -2.09. The minimum Gasteiger partial charge on any atom is -0.495 e. The third-order valence-corrected chi connectivity index (χ3v) is 4.92. The van der Waals surface area contributed by atoms with Crippen molar-refractivity contribution in [3.8, 4) is 11.4 Å². The van der Waals surface area contributed by atoms with Crippen LogP contribution >= 0.6 is 0 Å². The zero-order chi connectivity index (χ0) is 21.1. The highest BCUT2D eigenvalue weighted by Crippen LogP contribution is 2.26. The largest absolute Gasteiger partial charge is 0.495 e. The second kappa shape index (κ2) is 8.32. The van der Waals surface area contributed by atoms with Gasteiger partial charge in [0.2, 0.25) is 0 Å². The summed E-state index contributed by atoms with van der Waals surface area (Å²) in [6.45, 7) is 3.95. The molecule has 0 amide bonds. The van der Waals surface area contributed by atoms with Gasteiger partial charge in [0.15, 0.2) is 5.82 Å². The third kappa shape index (κ3) is 4.15. The van der Waals surface area contributed by atoms with Crippen molar-refractivity contribution in [3.63, 3.8) is 0 Å². The molecule has 1 N–H and O–H groups in total. The zero-order valence-corrected chi connectivity index (χ0v) is 17.0. The number of rotatable bonds is 6. The summed E-state index contributed by atoms with van der Waals surface area (Å²) < 4.78 is 20.6. The summed E-state index contributed by atoms with van der Waals surface area (Å²) >= 11 is 0. The standard InChI is InChI=1S/C23H22FN5O/c1-15-13-29(14-25-15)20-10-4-17(12-21(20)30-3)5-11-22-26-23(28-27-22)16(2)18-6-8-19(24)9-7-18/h4-14,16H,1-3H3,(H,26,27,28)/t16-/m0/s1. The van der Waals surface area contributed by atoms with Crippen LogP contribution in [0.15, 0.2) is 55.0 Å². The molecule has 0 bridgehead atoms. The maximum absolute atomic E-state index is 13.1. The number of hydrogen-bond donors (Lipinski definition) is 1. The Kier molecular flexibility index (Phi) is 5.43. The Balaban J connectivity index is 1.52. The van der Waals surface area contributed by atoms with Gasteiger partial charge in [-0.05, 0) is 48.4 Å². The number of H-pyrrole nitrogens is 1. The first-order chi connectivity index (χ1) is 14.5. The van der Waals surface area contributed by atoms with E-state index in [-0.39, 0.29) is 11.7 Å². The minimum absolute atomic E-state index is 0.0155. The van der Waals surface area contributed by atoms with Crippen LogP contribution in [-0.4, -0.2) is 31.8 Å². The number of hydrogen-bond acceptors (Lipinski definition) is 4. The van der Waals surface area contributed by atoms with Crippen LogP contribution in [0, 0.1) is 12.7 Å². The van der Waals surface area contributed by atoms with Gasteiger partial charge in [-0.1, -0.05) is 31.2 Å². The molecule has 0 unspecified atom stereocenters. The molecule has 7 heteroatoms. The first kappa shape index (κ1) is 19.6. The van der Waals surface area contributed by atoms with Gasteiger partial charge in [-0.3, -0.25) is 5.10 Å². The Morgan fingerprint density at radius 2 is 1.93 bits per heavy atom. The predicted molar refractivity (Wildman–Crippen MR) is 114 cm³/mol. The van der Waals surface area contributed by atoms with Gasteiger partial charge in [-0.15, -0.1) is 0 Å². The summed E-state index contributed by atoms with van der Waals surface area (Å²) in [5.74, 6) is 1.78. The molecule has 152 valence electrons. The first-order valence-corrected chi connectivity index (χ1v) is 9.58. The van der Waals surface area contributed by atoms with Crippen LogP contribution in [0.1, 0.15) is 41.3 Å². The van der Waals surface area contributed by atoms with Crippen LogP contribution in [0.5, 0.6) is 5.75 Å². The van der Waals surface area contributed by atoms with Crippen LogP contribution in [0.3, 0.4) is 0 Å². The van der Waals surface area contributed by atoms with Gasteiger partial charge >= 0.3 is 0 Å². The number of aryl methyl sites for hydroxylation is 1. The topological polar surface area (TPSA) is 68.6 Å². The van der Waals surface area contributed by atoms with Crippen molar-refractivity contribution in [2.75, 3.05) is 7.11 Å². The number of aromatic amines is 1. The molecule has 4 rings (SSSR count). The van der Waals surface area contributed by atoms with E-state index >= 15 is 0 Å². The van der Waals surface area contributed by atoms with Crippen molar-refractivity contribution in [1.29, 1.82) is 0 Å². The third-order valence-electron chi connectivity index (χ3n) is 4.92. The SMILES string of the molecule is COc1cc(C=Cc2n[nH]c([C@@H](C)c3ccc(F)cc3)n2)ccc1-n1cnc(C)c1. The summed E-state index contributed by atoms with van der Waals surface area (Å²) in [5.41, 5.74) is 3.79. The number of imidazole rings is 1. The number of halogens is 1. The lowest BCUT2D eigenvalue weighted by atomic mass is 10.0. The average Bonchev–Trinajstić information content (AvgIpc) is 3.41. The van der Waals surface area contributed by atoms with Gasteiger partial charge in [-0.2, -0.15) is 5.10 Å². The Morgan fingerprint density at radius 3 is 2.63 bits per heavy atom. The van der Waals surface area contributed by atoms with Gasteiger partial charge in [0, 0.05) is 12.1 Å². The predicted octanol–water partition coefficient (Wildman–Crippen LogP) is 4.77. The van der Waals surface area contributed by atoms with E-state index in [9.17, 15) is 4.39 Å². The van der Waals surface area contributed by atoms with E-state index in [1.165, 1.54) is 12.1 Å². The summed E-state index contributed by atoms with van der Waals surface area (Å²) in [4.78, 5) is 8.81. The monoisotopic (exact) mass is 403 g/mol. The van der Waals surface area contributed by atoms with E-state index in [1.807, 2.05) is 55.0 Å². The molecule has 0 aliphatic rings. The molecule has 0 saturated heterocycles. The lowest BCUT2D eigenvalue weighted by Crippen LogP contribution is -1.98. The number of benzene rings is 2. The maximum atomic E-state index is 13.1. The van der Waals surface area contributed by atoms with Crippen molar-refractivity contribution < 1.29 is 9.13 Å². The molecule has 2 aromatic heterocycles. The number of nitrogens with one attached hydrogen (secondary N) is 1. The second-order valence-corrected chi connectivity index (χ2v) is 7.04. The fraction of sp³-hybridized carbons (Fsp3) is 0.174. The summed E-state index contributed by atoms with van der Waals surface area (Å²) in [7, 11) is 1.65. The fourth-order valence-corrected chi connectivity index (χ4v) is 3.20. The van der Waals surface area contributed by atoms with E-state index in [0.29, 0.717) is 5.82 Å². The molecule has 0 saturated carbocycles. The molecule has 4 aromatic rings. The number of nitrogens with zero attached hydrogens (tertiary/aromatic N) is 4. The molecule has 2 heterocycles. The molecule has 0 radical (unpaired) electrons. The van der Waals surface area contributed by atoms with Crippen LogP contribution in [0.25, 0.3) is 17.8 Å². The molecule has 0 aliphatic carbocycles. The molecule has 2 aromatic carbocycles. The lowest BCUT2D eigenvalue weighted by molar-refractivity contribution is 0.413. The van der Waals surface area contributed by atoms with Gasteiger partial charge in [0.25, 0.3) is 0 Å². The summed E-state index contributed by atoms with van der Waals surface area (Å²) in [6.07, 6.45) is 7.49. The molecule has 6 nitrogen and oxygen atoms in total. The Morgan fingerprint density at radius 1 is 1.13 bits per heavy atom. The van der Waals surface area contributed by atoms with E-state index in [4.69, 9.17) is 4.74 Å². The van der Waals surface area contributed by atoms with E-state index < -0.39 is 0 Å². The molecule has 0 spiro atoms. The molecular weight excluding hydrogens is 381 g/mol. The number of methoxy groups -OCH3 is 1. The first-order valence-electron chi connectivity index (χ1n) is 9.58. The fourth-order valence-electron chi connectivity index (χ4n) is 3.20. The zero-order valence-electron chi connectivity index (χ0n) is 17.0. The minimum atomic E-state index is -0.253. The van der Waals surface area contributed by atoms with Crippen molar-refractivity contribution in [2.24, 2.45) is 0 Å². The van der Waals surface area contributed by atoms with Crippen LogP contribution in [-0.2, 0) is 0 Å². The Bertz CT molecular complexity index is 1180. The molecule has 1 atom stereocenters. The number of ether oxygens (including phenoxy) is 1. The van der Waals surface area contributed by atoms with E-state index in [0.717, 1.165) is 34.1 Å². The molecule has 0 aliphatic heterocycles. The normalized spacial score (nSPS) is 12.4. The van der Waals surface area contributed by atoms with Crippen LogP contribution in [0.4, 0.5) is 4.39 Å². The van der Waals surface area contributed by atoms with Crippen molar-refractivity contribution >= 4 is 12.2 Å². The smallest absolute Gasteiger partial charge is 0.173 e. The van der Waals surface area contributed by atoms with Crippen LogP contribution < -0.4 is 4.74 Å².